The van der Waals surface area contributed by atoms with E-state index in [4.69, 9.17) is 10.8 Å². The van der Waals surface area contributed by atoms with Crippen LogP contribution in [0.25, 0.3) is 0 Å². The first-order valence-corrected chi connectivity index (χ1v) is 5.44. The van der Waals surface area contributed by atoms with Crippen LogP contribution in [-0.4, -0.2) is 43.2 Å². The van der Waals surface area contributed by atoms with Crippen LogP contribution in [-0.2, 0) is 0 Å². The number of aromatic carboxylic acids is 1. The molecule has 0 aliphatic heterocycles. The van der Waals surface area contributed by atoms with Gasteiger partial charge in [-0.05, 0) is 38.7 Å². The first-order valence-electron chi connectivity index (χ1n) is 5.44. The fraction of sp³-hybridized carbons (Fsp3) is 0.417. The predicted octanol–water partition coefficient (Wildman–Crippen LogP) is 1.25. The summed E-state index contributed by atoms with van der Waals surface area (Å²) < 4.78 is 0. The maximum atomic E-state index is 11.0. The molecule has 0 amide bonds. The van der Waals surface area contributed by atoms with Crippen LogP contribution in [0.15, 0.2) is 12.1 Å². The van der Waals surface area contributed by atoms with Crippen molar-refractivity contribution in [1.29, 1.82) is 0 Å². The Hall–Kier alpha value is -1.75. The summed E-state index contributed by atoms with van der Waals surface area (Å²) in [6.45, 7) is 3.44. The molecule has 0 spiro atoms. The van der Waals surface area contributed by atoms with E-state index in [1.54, 1.807) is 13.0 Å². The van der Waals surface area contributed by atoms with Crippen molar-refractivity contribution < 1.29 is 9.90 Å². The summed E-state index contributed by atoms with van der Waals surface area (Å²) in [5.74, 6) is -0.998. The van der Waals surface area contributed by atoms with Crippen LogP contribution in [0.3, 0.4) is 0 Å². The second kappa shape index (κ2) is 5.54. The van der Waals surface area contributed by atoms with Crippen molar-refractivity contribution in [1.82, 2.24) is 4.90 Å². The Bertz CT molecular complexity index is 416. The number of nitrogen functional groups attached to an aromatic ring is 1. The lowest BCUT2D eigenvalue weighted by molar-refractivity contribution is 0.0698. The third-order valence-electron chi connectivity index (χ3n) is 2.51. The van der Waals surface area contributed by atoms with E-state index in [0.29, 0.717) is 5.69 Å². The molecule has 0 fully saturated rings. The van der Waals surface area contributed by atoms with Gasteiger partial charge in [0.15, 0.2) is 0 Å². The fourth-order valence-electron chi connectivity index (χ4n) is 1.50. The molecule has 0 bridgehead atoms. The highest BCUT2D eigenvalue weighted by Crippen LogP contribution is 2.22. The Balaban J connectivity index is 2.84. The first-order chi connectivity index (χ1) is 7.91. The normalized spacial score (nSPS) is 10.6. The molecule has 0 aromatic heterocycles. The smallest absolute Gasteiger partial charge is 0.337 e. The Morgan fingerprint density at radius 1 is 1.47 bits per heavy atom. The minimum atomic E-state index is -0.998. The summed E-state index contributed by atoms with van der Waals surface area (Å²) in [5, 5.41) is 12.2. The van der Waals surface area contributed by atoms with Crippen LogP contribution in [0.5, 0.6) is 0 Å². The standard InChI is InChI=1S/C12H19N3O2/c1-8-6-9(14-4-5-15(2)3)7-10(11(8)13)12(16)17/h6-7,14H,4-5,13H2,1-3H3,(H,16,17). The number of carboxylic acids is 1. The van der Waals surface area contributed by atoms with E-state index in [0.717, 1.165) is 24.3 Å². The predicted molar refractivity (Wildman–Crippen MR) is 69.6 cm³/mol. The first kappa shape index (κ1) is 13.3. The summed E-state index contributed by atoms with van der Waals surface area (Å²) in [5.41, 5.74) is 7.76. The maximum absolute atomic E-state index is 11.0. The van der Waals surface area contributed by atoms with Crippen molar-refractivity contribution in [2.75, 3.05) is 38.2 Å². The molecule has 17 heavy (non-hydrogen) atoms. The van der Waals surface area contributed by atoms with Gasteiger partial charge in [0.2, 0.25) is 0 Å². The summed E-state index contributed by atoms with van der Waals surface area (Å²) >= 11 is 0. The van der Waals surface area contributed by atoms with Crippen molar-refractivity contribution in [2.45, 2.75) is 6.92 Å². The average Bonchev–Trinajstić information content (AvgIpc) is 2.22. The number of nitrogens with zero attached hydrogens (tertiary/aromatic N) is 1. The minimum absolute atomic E-state index is 0.150. The van der Waals surface area contributed by atoms with Crippen molar-refractivity contribution in [3.8, 4) is 0 Å². The number of rotatable bonds is 5. The van der Waals surface area contributed by atoms with E-state index in [1.807, 2.05) is 20.2 Å². The van der Waals surface area contributed by atoms with Gasteiger partial charge in [-0.2, -0.15) is 0 Å². The van der Waals surface area contributed by atoms with Crippen LogP contribution < -0.4 is 11.1 Å². The summed E-state index contributed by atoms with van der Waals surface area (Å²) in [6.07, 6.45) is 0. The van der Waals surface area contributed by atoms with Crippen LogP contribution in [0.2, 0.25) is 0 Å². The van der Waals surface area contributed by atoms with Gasteiger partial charge in [-0.3, -0.25) is 0 Å². The number of carbonyl (C=O) groups is 1. The van der Waals surface area contributed by atoms with E-state index in [-0.39, 0.29) is 5.56 Å². The molecule has 0 atom stereocenters. The Labute approximate surface area is 101 Å². The van der Waals surface area contributed by atoms with Crippen LogP contribution in [0.4, 0.5) is 11.4 Å². The zero-order valence-electron chi connectivity index (χ0n) is 10.4. The highest BCUT2D eigenvalue weighted by Gasteiger charge is 2.11. The van der Waals surface area contributed by atoms with E-state index in [1.165, 1.54) is 0 Å². The second-order valence-electron chi connectivity index (χ2n) is 4.29. The topological polar surface area (TPSA) is 78.6 Å². The van der Waals surface area contributed by atoms with Gasteiger partial charge >= 0.3 is 5.97 Å². The van der Waals surface area contributed by atoms with E-state index in [2.05, 4.69) is 10.2 Å². The number of nitrogens with two attached hydrogens (primary N) is 1. The average molecular weight is 237 g/mol. The van der Waals surface area contributed by atoms with Gasteiger partial charge in [-0.25, -0.2) is 4.79 Å². The molecule has 0 radical (unpaired) electrons. The monoisotopic (exact) mass is 237 g/mol. The van der Waals surface area contributed by atoms with Gasteiger partial charge in [-0.1, -0.05) is 0 Å². The summed E-state index contributed by atoms with van der Waals surface area (Å²) in [7, 11) is 3.97. The molecule has 0 heterocycles. The quantitative estimate of drug-likeness (QED) is 0.672. The number of likely N-dealkylation sites (N-methyl/N-ethyl adjacent to an activating group) is 1. The third kappa shape index (κ3) is 3.64. The fourth-order valence-corrected chi connectivity index (χ4v) is 1.50. The van der Waals surface area contributed by atoms with Crippen molar-refractivity contribution in [3.05, 3.63) is 23.3 Å². The van der Waals surface area contributed by atoms with Gasteiger partial charge in [0.05, 0.1) is 5.56 Å². The Morgan fingerprint density at radius 2 is 2.12 bits per heavy atom. The van der Waals surface area contributed by atoms with Gasteiger partial charge in [0, 0.05) is 24.5 Å². The number of hydrogen-bond acceptors (Lipinski definition) is 4. The minimum Gasteiger partial charge on any atom is -0.478 e. The van der Waals surface area contributed by atoms with E-state index < -0.39 is 5.97 Å². The van der Waals surface area contributed by atoms with Gasteiger partial charge in [-0.15, -0.1) is 0 Å². The Morgan fingerprint density at radius 3 is 2.65 bits per heavy atom. The molecular weight excluding hydrogens is 218 g/mol. The van der Waals surface area contributed by atoms with Crippen molar-refractivity contribution in [3.63, 3.8) is 0 Å². The number of aryl methyl sites for hydroxylation is 1. The molecule has 1 rings (SSSR count). The van der Waals surface area contributed by atoms with E-state index in [9.17, 15) is 4.79 Å². The number of anilines is 2. The van der Waals surface area contributed by atoms with Gasteiger partial charge in [0.1, 0.15) is 0 Å². The highest BCUT2D eigenvalue weighted by molar-refractivity contribution is 5.95. The van der Waals surface area contributed by atoms with Crippen LogP contribution in [0, 0.1) is 6.92 Å². The zero-order valence-corrected chi connectivity index (χ0v) is 10.4. The lowest BCUT2D eigenvalue weighted by atomic mass is 10.1. The lowest BCUT2D eigenvalue weighted by Crippen LogP contribution is -2.21. The Kier molecular flexibility index (Phi) is 4.34. The number of benzene rings is 1. The molecule has 94 valence electrons. The molecular formula is C12H19N3O2. The molecule has 1 aromatic rings. The lowest BCUT2D eigenvalue weighted by Gasteiger charge is -2.13. The molecule has 5 heteroatoms. The molecule has 0 unspecified atom stereocenters. The third-order valence-corrected chi connectivity index (χ3v) is 2.51. The summed E-state index contributed by atoms with van der Waals surface area (Å²) in [4.78, 5) is 13.0. The van der Waals surface area contributed by atoms with Gasteiger partial charge < -0.3 is 21.1 Å². The SMILES string of the molecule is Cc1cc(NCCN(C)C)cc(C(=O)O)c1N. The molecule has 5 nitrogen and oxygen atoms in total. The molecule has 0 saturated heterocycles. The highest BCUT2D eigenvalue weighted by atomic mass is 16.4. The van der Waals surface area contributed by atoms with Gasteiger partial charge in [0.25, 0.3) is 0 Å². The van der Waals surface area contributed by atoms with Crippen LogP contribution >= 0.6 is 0 Å². The van der Waals surface area contributed by atoms with Crippen molar-refractivity contribution in [2.24, 2.45) is 0 Å². The molecule has 1 aromatic carbocycles. The largest absolute Gasteiger partial charge is 0.478 e. The molecule has 0 saturated carbocycles. The molecule has 0 aliphatic rings. The second-order valence-corrected chi connectivity index (χ2v) is 4.29. The number of nitrogens with one attached hydrogen (secondary N) is 1. The summed E-state index contributed by atoms with van der Waals surface area (Å²) in [6, 6.07) is 3.43. The number of hydrogen-bond donors (Lipinski definition) is 3. The zero-order chi connectivity index (χ0) is 13.0. The van der Waals surface area contributed by atoms with Crippen LogP contribution in [0.1, 0.15) is 15.9 Å². The number of carboxylic acid groups (broad SMARTS) is 1. The van der Waals surface area contributed by atoms with Crippen molar-refractivity contribution >= 4 is 17.3 Å². The molecule has 4 N–H and O–H groups in total. The maximum Gasteiger partial charge on any atom is 0.337 e. The van der Waals surface area contributed by atoms with E-state index >= 15 is 0 Å². The molecule has 0 aliphatic carbocycles.